The van der Waals surface area contributed by atoms with Gasteiger partial charge in [0.25, 0.3) is 0 Å². The molecule has 0 aromatic carbocycles. The number of nitrogens with zero attached hydrogens (tertiary/aromatic N) is 1. The third-order valence-electron chi connectivity index (χ3n) is 3.38. The maximum atomic E-state index is 12.0. The Morgan fingerprint density at radius 1 is 1.47 bits per heavy atom. The highest BCUT2D eigenvalue weighted by atomic mass is 16.6. The first-order chi connectivity index (χ1) is 8.87. The van der Waals surface area contributed by atoms with E-state index >= 15 is 0 Å². The topological polar surface area (TPSA) is 59.0 Å². The van der Waals surface area contributed by atoms with E-state index in [1.165, 1.54) is 0 Å². The number of likely N-dealkylation sites (tertiary alicyclic amines) is 1. The Balaban J connectivity index is 1.97. The molecule has 1 amide bonds. The van der Waals surface area contributed by atoms with Crippen LogP contribution in [-0.2, 0) is 9.47 Å². The van der Waals surface area contributed by atoms with E-state index in [1.54, 1.807) is 11.2 Å². The third-order valence-corrected chi connectivity index (χ3v) is 3.38. The first kappa shape index (κ1) is 14.2. The van der Waals surface area contributed by atoms with Crippen LogP contribution in [0.2, 0.25) is 0 Å². The lowest BCUT2D eigenvalue weighted by Gasteiger charge is -2.24. The van der Waals surface area contributed by atoms with E-state index in [9.17, 15) is 9.90 Å². The Hall–Kier alpha value is -1.23. The molecule has 0 spiro atoms. The summed E-state index contributed by atoms with van der Waals surface area (Å²) in [6.45, 7) is 7.09. The lowest BCUT2D eigenvalue weighted by Crippen LogP contribution is -2.35. The van der Waals surface area contributed by atoms with Gasteiger partial charge in [-0.15, -0.1) is 0 Å². The molecule has 1 N–H and O–H groups in total. The summed E-state index contributed by atoms with van der Waals surface area (Å²) < 4.78 is 10.6. The van der Waals surface area contributed by atoms with Gasteiger partial charge in [0.2, 0.25) is 0 Å². The van der Waals surface area contributed by atoms with Crippen LogP contribution in [-0.4, -0.2) is 47.5 Å². The van der Waals surface area contributed by atoms with Gasteiger partial charge in [0.15, 0.2) is 0 Å². The van der Waals surface area contributed by atoms with Gasteiger partial charge in [-0.1, -0.05) is 0 Å². The largest absolute Gasteiger partial charge is 0.501 e. The Morgan fingerprint density at radius 2 is 2.21 bits per heavy atom. The van der Waals surface area contributed by atoms with Crippen molar-refractivity contribution in [1.29, 1.82) is 0 Å². The lowest BCUT2D eigenvalue weighted by molar-refractivity contribution is 0.0270. The standard InChI is InChI=1S/C14H23NO4/c1-14(2,3)19-13(17)15-7-11(12(16)8-15)10-5-4-6-18-9-10/h9,11-12,16H,4-8H2,1-3H3/t11-,12+/m1/s1. The summed E-state index contributed by atoms with van der Waals surface area (Å²) in [7, 11) is 0. The van der Waals surface area contributed by atoms with Crippen LogP contribution in [0.3, 0.4) is 0 Å². The molecule has 5 nitrogen and oxygen atoms in total. The number of aliphatic hydroxyl groups excluding tert-OH is 1. The SMILES string of the molecule is CC(C)(C)OC(=O)N1C[C@H](C2=COCCC2)[C@@H](O)C1. The first-order valence-electron chi connectivity index (χ1n) is 6.83. The lowest BCUT2D eigenvalue weighted by atomic mass is 9.93. The Bertz CT molecular complexity index is 372. The summed E-state index contributed by atoms with van der Waals surface area (Å²) in [6.07, 6.45) is 2.77. The highest BCUT2D eigenvalue weighted by molar-refractivity contribution is 5.68. The summed E-state index contributed by atoms with van der Waals surface area (Å²) in [5, 5.41) is 10.1. The van der Waals surface area contributed by atoms with E-state index in [2.05, 4.69) is 0 Å². The molecular weight excluding hydrogens is 246 g/mol. The number of rotatable bonds is 1. The van der Waals surface area contributed by atoms with Crippen molar-refractivity contribution in [3.8, 4) is 0 Å². The fourth-order valence-corrected chi connectivity index (χ4v) is 2.48. The summed E-state index contributed by atoms with van der Waals surface area (Å²) >= 11 is 0. The van der Waals surface area contributed by atoms with Crippen LogP contribution in [0.15, 0.2) is 11.8 Å². The molecule has 2 aliphatic heterocycles. The van der Waals surface area contributed by atoms with Crippen molar-refractivity contribution in [2.45, 2.75) is 45.3 Å². The van der Waals surface area contributed by atoms with Crippen molar-refractivity contribution in [1.82, 2.24) is 4.90 Å². The second kappa shape index (κ2) is 5.41. The number of hydrogen-bond donors (Lipinski definition) is 1. The molecule has 0 radical (unpaired) electrons. The maximum absolute atomic E-state index is 12.0. The summed E-state index contributed by atoms with van der Waals surface area (Å²) in [5.74, 6) is -0.0205. The minimum Gasteiger partial charge on any atom is -0.501 e. The molecule has 2 rings (SSSR count). The van der Waals surface area contributed by atoms with Gasteiger partial charge in [-0.3, -0.25) is 0 Å². The molecule has 0 saturated carbocycles. The summed E-state index contributed by atoms with van der Waals surface area (Å²) in [4.78, 5) is 13.6. The zero-order valence-electron chi connectivity index (χ0n) is 11.9. The van der Waals surface area contributed by atoms with Crippen molar-refractivity contribution >= 4 is 6.09 Å². The average Bonchev–Trinajstić information content (AvgIpc) is 2.70. The fourth-order valence-electron chi connectivity index (χ4n) is 2.48. The fraction of sp³-hybridized carbons (Fsp3) is 0.786. The Morgan fingerprint density at radius 3 is 2.79 bits per heavy atom. The number of carbonyl (C=O) groups is 1. The van der Waals surface area contributed by atoms with E-state index in [4.69, 9.17) is 9.47 Å². The van der Waals surface area contributed by atoms with Crippen molar-refractivity contribution < 1.29 is 19.4 Å². The predicted octanol–water partition coefficient (Wildman–Crippen LogP) is 1.91. The summed E-state index contributed by atoms with van der Waals surface area (Å²) in [5.41, 5.74) is 0.595. The number of β-amino-alcohol motifs (C(OH)–C–C–N with tert-alkyl or cyclic N) is 1. The number of amides is 1. The van der Waals surface area contributed by atoms with Gasteiger partial charge in [0, 0.05) is 12.5 Å². The van der Waals surface area contributed by atoms with Gasteiger partial charge in [-0.05, 0) is 39.2 Å². The second-order valence-corrected chi connectivity index (χ2v) is 6.23. The van der Waals surface area contributed by atoms with Gasteiger partial charge >= 0.3 is 6.09 Å². The van der Waals surface area contributed by atoms with Crippen LogP contribution in [0.4, 0.5) is 4.79 Å². The molecule has 2 atom stereocenters. The molecule has 5 heteroatoms. The van der Waals surface area contributed by atoms with Crippen LogP contribution < -0.4 is 0 Å². The highest BCUT2D eigenvalue weighted by Crippen LogP contribution is 2.30. The van der Waals surface area contributed by atoms with Crippen LogP contribution in [0, 0.1) is 5.92 Å². The minimum atomic E-state index is -0.527. The average molecular weight is 269 g/mol. The molecule has 2 aliphatic rings. The third kappa shape index (κ3) is 3.62. The van der Waals surface area contributed by atoms with Gasteiger partial charge in [0.1, 0.15) is 5.60 Å². The van der Waals surface area contributed by atoms with Gasteiger partial charge in [0.05, 0.1) is 25.5 Å². The molecule has 1 fully saturated rings. The van der Waals surface area contributed by atoms with Gasteiger partial charge in [-0.25, -0.2) is 4.79 Å². The van der Waals surface area contributed by atoms with E-state index in [-0.39, 0.29) is 12.0 Å². The molecule has 0 aromatic rings. The molecular formula is C14H23NO4. The smallest absolute Gasteiger partial charge is 0.410 e. The molecule has 19 heavy (non-hydrogen) atoms. The van der Waals surface area contributed by atoms with Crippen LogP contribution in [0.1, 0.15) is 33.6 Å². The van der Waals surface area contributed by atoms with Gasteiger partial charge in [-0.2, -0.15) is 0 Å². The van der Waals surface area contributed by atoms with Crippen molar-refractivity contribution in [3.05, 3.63) is 11.8 Å². The Labute approximate surface area is 114 Å². The Kier molecular flexibility index (Phi) is 4.04. The zero-order valence-corrected chi connectivity index (χ0v) is 11.9. The molecule has 0 unspecified atom stereocenters. The van der Waals surface area contributed by atoms with E-state index < -0.39 is 11.7 Å². The monoisotopic (exact) mass is 269 g/mol. The second-order valence-electron chi connectivity index (χ2n) is 6.23. The summed E-state index contributed by atoms with van der Waals surface area (Å²) in [6, 6.07) is 0. The maximum Gasteiger partial charge on any atom is 0.410 e. The van der Waals surface area contributed by atoms with Crippen LogP contribution in [0.25, 0.3) is 0 Å². The number of carbonyl (C=O) groups excluding carboxylic acids is 1. The number of hydrogen-bond acceptors (Lipinski definition) is 4. The molecule has 0 aromatic heterocycles. The molecule has 0 bridgehead atoms. The highest BCUT2D eigenvalue weighted by Gasteiger charge is 2.38. The van der Waals surface area contributed by atoms with E-state index in [1.807, 2.05) is 20.8 Å². The number of ether oxygens (including phenoxy) is 2. The van der Waals surface area contributed by atoms with Crippen LogP contribution in [0.5, 0.6) is 0 Å². The first-order valence-corrected chi connectivity index (χ1v) is 6.83. The van der Waals surface area contributed by atoms with E-state index in [0.29, 0.717) is 13.1 Å². The molecule has 0 aliphatic carbocycles. The molecule has 2 heterocycles. The molecule has 108 valence electrons. The predicted molar refractivity (Wildman–Crippen MR) is 70.6 cm³/mol. The zero-order chi connectivity index (χ0) is 14.0. The van der Waals surface area contributed by atoms with Crippen molar-refractivity contribution in [3.63, 3.8) is 0 Å². The van der Waals surface area contributed by atoms with Gasteiger partial charge < -0.3 is 19.5 Å². The van der Waals surface area contributed by atoms with E-state index in [0.717, 1.165) is 25.0 Å². The molecule has 1 saturated heterocycles. The quantitative estimate of drug-likeness (QED) is 0.790. The minimum absolute atomic E-state index is 0.0205. The normalized spacial score (nSPS) is 27.8. The van der Waals surface area contributed by atoms with Crippen molar-refractivity contribution in [2.24, 2.45) is 5.92 Å². The number of aliphatic hydroxyl groups is 1. The van der Waals surface area contributed by atoms with Crippen LogP contribution >= 0.6 is 0 Å². The van der Waals surface area contributed by atoms with Crippen molar-refractivity contribution in [2.75, 3.05) is 19.7 Å².